The number of nitrogens with one attached hydrogen (secondary N) is 1. The summed E-state index contributed by atoms with van der Waals surface area (Å²) < 4.78 is 54.5. The summed E-state index contributed by atoms with van der Waals surface area (Å²) in [5.41, 5.74) is 3.30. The van der Waals surface area contributed by atoms with Crippen molar-refractivity contribution in [2.75, 3.05) is 10.8 Å². The van der Waals surface area contributed by atoms with Crippen LogP contribution in [0.15, 0.2) is 60.7 Å². The molecule has 148 valence electrons. The van der Waals surface area contributed by atoms with E-state index < -0.39 is 28.5 Å². The average molecular weight is 414 g/mol. The summed E-state index contributed by atoms with van der Waals surface area (Å²) in [6.07, 6.45) is 0. The number of carbonyl (C=O) groups is 1. The van der Waals surface area contributed by atoms with Gasteiger partial charge in [0.1, 0.15) is 18.2 Å². The molecule has 29 heavy (non-hydrogen) atoms. The van der Waals surface area contributed by atoms with E-state index in [1.807, 2.05) is 29.0 Å². The standard InChI is InChI=1S/C21H16F2N2O3S/c1-13-10-17(11-19(23)21(13)25-12-20(26)24-29(25,27)28)16-4-2-14(3-5-16)15-6-8-18(22)9-7-15/h2-11H,12H2,1H3,(H,24,26). The molecule has 0 bridgehead atoms. The molecule has 1 heterocycles. The van der Waals surface area contributed by atoms with Crippen molar-refractivity contribution in [3.8, 4) is 22.3 Å². The zero-order valence-corrected chi connectivity index (χ0v) is 16.1. The number of aryl methyl sites for hydroxylation is 1. The first-order chi connectivity index (χ1) is 13.7. The third kappa shape index (κ3) is 3.58. The molecule has 0 atom stereocenters. The van der Waals surface area contributed by atoms with E-state index >= 15 is 0 Å². The Bertz CT molecular complexity index is 1180. The van der Waals surface area contributed by atoms with Gasteiger partial charge in [-0.05, 0) is 59.0 Å². The molecule has 0 saturated carbocycles. The molecule has 5 nitrogen and oxygen atoms in total. The minimum absolute atomic E-state index is 0.143. The summed E-state index contributed by atoms with van der Waals surface area (Å²) in [5, 5.41) is 0. The first kappa shape index (κ1) is 19.1. The van der Waals surface area contributed by atoms with Crippen LogP contribution in [0.1, 0.15) is 5.56 Å². The molecule has 0 aromatic heterocycles. The number of anilines is 1. The predicted molar refractivity (Wildman–Crippen MR) is 106 cm³/mol. The lowest BCUT2D eigenvalue weighted by Gasteiger charge is -2.19. The Kier molecular flexibility index (Phi) is 4.58. The number of rotatable bonds is 3. The number of hydrogen-bond donors (Lipinski definition) is 1. The SMILES string of the molecule is Cc1cc(-c2ccc(-c3ccc(F)cc3)cc2)cc(F)c1N1CC(=O)NS1(=O)=O. The molecule has 1 saturated heterocycles. The highest BCUT2D eigenvalue weighted by Gasteiger charge is 2.36. The Morgan fingerprint density at radius 1 is 0.862 bits per heavy atom. The van der Waals surface area contributed by atoms with E-state index in [1.165, 1.54) is 18.2 Å². The number of halogens is 2. The molecule has 3 aromatic carbocycles. The van der Waals surface area contributed by atoms with Crippen LogP contribution in [0, 0.1) is 18.6 Å². The molecule has 0 spiro atoms. The van der Waals surface area contributed by atoms with E-state index in [0.717, 1.165) is 21.0 Å². The summed E-state index contributed by atoms with van der Waals surface area (Å²) >= 11 is 0. The highest BCUT2D eigenvalue weighted by molar-refractivity contribution is 7.92. The molecule has 0 unspecified atom stereocenters. The van der Waals surface area contributed by atoms with E-state index in [9.17, 15) is 22.0 Å². The van der Waals surface area contributed by atoms with Crippen molar-refractivity contribution >= 4 is 21.8 Å². The van der Waals surface area contributed by atoms with Crippen LogP contribution in [0.5, 0.6) is 0 Å². The molecule has 8 heteroatoms. The van der Waals surface area contributed by atoms with Crippen molar-refractivity contribution in [1.29, 1.82) is 0 Å². The highest BCUT2D eigenvalue weighted by Crippen LogP contribution is 2.33. The molecular weight excluding hydrogens is 398 g/mol. The first-order valence-electron chi connectivity index (χ1n) is 8.74. The summed E-state index contributed by atoms with van der Waals surface area (Å²) in [6.45, 7) is 1.14. The average Bonchev–Trinajstić information content (AvgIpc) is 2.94. The van der Waals surface area contributed by atoms with E-state index in [1.54, 1.807) is 25.1 Å². The first-order valence-corrected chi connectivity index (χ1v) is 10.2. The molecule has 3 aromatic rings. The van der Waals surface area contributed by atoms with Gasteiger partial charge >= 0.3 is 10.2 Å². The number of nitrogens with zero attached hydrogens (tertiary/aromatic N) is 1. The Morgan fingerprint density at radius 2 is 1.38 bits per heavy atom. The number of benzene rings is 3. The van der Waals surface area contributed by atoms with Gasteiger partial charge in [-0.3, -0.25) is 4.79 Å². The molecule has 1 aliphatic rings. The molecule has 1 aliphatic heterocycles. The maximum atomic E-state index is 14.8. The molecule has 1 fully saturated rings. The third-order valence-corrected chi connectivity index (χ3v) is 6.10. The lowest BCUT2D eigenvalue weighted by Crippen LogP contribution is -2.30. The molecule has 1 N–H and O–H groups in total. The van der Waals surface area contributed by atoms with Gasteiger partial charge in [0.2, 0.25) is 0 Å². The Morgan fingerprint density at radius 3 is 1.86 bits per heavy atom. The van der Waals surface area contributed by atoms with Crippen LogP contribution in [-0.4, -0.2) is 20.9 Å². The summed E-state index contributed by atoms with van der Waals surface area (Å²) in [7, 11) is -4.08. The van der Waals surface area contributed by atoms with Crippen LogP contribution >= 0.6 is 0 Å². The van der Waals surface area contributed by atoms with Gasteiger partial charge in [0.25, 0.3) is 5.91 Å². The fraction of sp³-hybridized carbons (Fsp3) is 0.0952. The van der Waals surface area contributed by atoms with E-state index in [2.05, 4.69) is 0 Å². The molecule has 0 radical (unpaired) electrons. The second-order valence-corrected chi connectivity index (χ2v) is 8.34. The lowest BCUT2D eigenvalue weighted by molar-refractivity contribution is -0.117. The van der Waals surface area contributed by atoms with Gasteiger partial charge in [0, 0.05) is 0 Å². The predicted octanol–water partition coefficient (Wildman–Crippen LogP) is 3.79. The van der Waals surface area contributed by atoms with Crippen LogP contribution in [0.25, 0.3) is 22.3 Å². The fourth-order valence-electron chi connectivity index (χ4n) is 3.36. The van der Waals surface area contributed by atoms with Gasteiger partial charge < -0.3 is 0 Å². The van der Waals surface area contributed by atoms with Gasteiger partial charge in [0.15, 0.2) is 0 Å². The maximum absolute atomic E-state index is 14.8. The van der Waals surface area contributed by atoms with Crippen LogP contribution in [0.3, 0.4) is 0 Å². The van der Waals surface area contributed by atoms with Crippen LogP contribution in [0.4, 0.5) is 14.5 Å². The maximum Gasteiger partial charge on any atom is 0.326 e. The van der Waals surface area contributed by atoms with Crippen molar-refractivity contribution in [2.45, 2.75) is 6.92 Å². The molecule has 0 aliphatic carbocycles. The Labute approximate surface area is 166 Å². The van der Waals surface area contributed by atoms with E-state index in [0.29, 0.717) is 11.1 Å². The number of amides is 1. The second kappa shape index (κ2) is 6.97. The van der Waals surface area contributed by atoms with Gasteiger partial charge in [-0.15, -0.1) is 0 Å². The minimum Gasteiger partial charge on any atom is -0.272 e. The summed E-state index contributed by atoms with van der Waals surface area (Å²) in [5.74, 6) is -1.75. The smallest absolute Gasteiger partial charge is 0.272 e. The van der Waals surface area contributed by atoms with E-state index in [-0.39, 0.29) is 11.5 Å². The topological polar surface area (TPSA) is 66.5 Å². The zero-order valence-electron chi connectivity index (χ0n) is 15.3. The normalized spacial score (nSPS) is 15.4. The Balaban J connectivity index is 1.68. The van der Waals surface area contributed by atoms with Crippen LogP contribution in [0.2, 0.25) is 0 Å². The monoisotopic (exact) mass is 414 g/mol. The Hall–Kier alpha value is -3.26. The van der Waals surface area contributed by atoms with Crippen LogP contribution in [-0.2, 0) is 15.0 Å². The van der Waals surface area contributed by atoms with Crippen molar-refractivity contribution < 1.29 is 22.0 Å². The number of carbonyl (C=O) groups excluding carboxylic acids is 1. The molecule has 1 amide bonds. The van der Waals surface area contributed by atoms with Crippen LogP contribution < -0.4 is 9.03 Å². The van der Waals surface area contributed by atoms with Crippen molar-refractivity contribution in [2.24, 2.45) is 0 Å². The zero-order chi connectivity index (χ0) is 20.8. The van der Waals surface area contributed by atoms with Gasteiger partial charge in [-0.2, -0.15) is 8.42 Å². The van der Waals surface area contributed by atoms with Crippen molar-refractivity contribution in [1.82, 2.24) is 4.72 Å². The van der Waals surface area contributed by atoms with Crippen molar-refractivity contribution in [3.05, 3.63) is 77.9 Å². The molecule has 4 rings (SSSR count). The summed E-state index contributed by atoms with van der Waals surface area (Å²) in [6, 6.07) is 16.3. The lowest BCUT2D eigenvalue weighted by atomic mass is 9.98. The quantitative estimate of drug-likeness (QED) is 0.709. The van der Waals surface area contributed by atoms with Crippen molar-refractivity contribution in [3.63, 3.8) is 0 Å². The third-order valence-electron chi connectivity index (χ3n) is 4.72. The molecular formula is C21H16F2N2O3S. The number of hydrogen-bond acceptors (Lipinski definition) is 3. The van der Waals surface area contributed by atoms with Gasteiger partial charge in [-0.25, -0.2) is 17.8 Å². The minimum atomic E-state index is -4.08. The van der Waals surface area contributed by atoms with Gasteiger partial charge in [0.05, 0.1) is 5.69 Å². The second-order valence-electron chi connectivity index (χ2n) is 6.74. The fourth-order valence-corrected chi connectivity index (χ4v) is 4.58. The van der Waals surface area contributed by atoms with E-state index in [4.69, 9.17) is 0 Å². The highest BCUT2D eigenvalue weighted by atomic mass is 32.2. The largest absolute Gasteiger partial charge is 0.326 e. The van der Waals surface area contributed by atoms with Gasteiger partial charge in [-0.1, -0.05) is 36.4 Å². The summed E-state index contributed by atoms with van der Waals surface area (Å²) in [4.78, 5) is 11.4.